The number of nitrogens with one attached hydrogen (secondary N) is 1. The summed E-state index contributed by atoms with van der Waals surface area (Å²) in [7, 11) is 0. The minimum atomic E-state index is -0.582. The number of nitrogens with two attached hydrogens (primary N) is 1. The summed E-state index contributed by atoms with van der Waals surface area (Å²) >= 11 is 0. The lowest BCUT2D eigenvalue weighted by molar-refractivity contribution is 0.232. The molecule has 7 nitrogen and oxygen atoms in total. The van der Waals surface area contributed by atoms with E-state index < -0.39 is 5.54 Å². The van der Waals surface area contributed by atoms with E-state index in [2.05, 4.69) is 19.9 Å². The topological polar surface area (TPSA) is 110 Å². The summed E-state index contributed by atoms with van der Waals surface area (Å²) in [5.74, 6) is 0.169. The number of hydrogen-bond acceptors (Lipinski definition) is 6. The zero-order chi connectivity index (χ0) is 14.8. The maximum atomic E-state index is 9.26. The molecule has 0 unspecified atom stereocenters. The number of aliphatic imine (C=N–C) groups is 1. The number of hydroxylamine groups is 1. The third-order valence-corrected chi connectivity index (χ3v) is 3.04. The highest BCUT2D eigenvalue weighted by atomic mass is 16.6. The van der Waals surface area contributed by atoms with Crippen molar-refractivity contribution in [1.82, 2.24) is 15.8 Å². The quantitative estimate of drug-likeness (QED) is 0.446. The zero-order valence-corrected chi connectivity index (χ0v) is 11.6. The summed E-state index contributed by atoms with van der Waals surface area (Å²) in [6, 6.07) is 7.89. The number of hydrogen-bond donors (Lipinski definition) is 3. The highest BCUT2D eigenvalue weighted by Gasteiger charge is 2.24. The molecule has 1 aromatic heterocycles. The van der Waals surface area contributed by atoms with Gasteiger partial charge in [0.25, 0.3) is 0 Å². The molecule has 2 aromatic rings. The average molecular weight is 275 g/mol. The van der Waals surface area contributed by atoms with Gasteiger partial charge < -0.3 is 5.73 Å². The van der Waals surface area contributed by atoms with Crippen molar-refractivity contribution in [1.29, 1.82) is 0 Å². The van der Waals surface area contributed by atoms with Gasteiger partial charge in [-0.1, -0.05) is 24.3 Å². The van der Waals surface area contributed by atoms with Crippen LogP contribution < -0.4 is 11.2 Å². The molecule has 7 heteroatoms. The molecule has 0 saturated carbocycles. The van der Waals surface area contributed by atoms with E-state index >= 15 is 0 Å². The Labute approximate surface area is 116 Å². The fourth-order valence-corrected chi connectivity index (χ4v) is 2.09. The molecular formula is C13H17N5O2. The van der Waals surface area contributed by atoms with E-state index in [1.54, 1.807) is 0 Å². The summed E-state index contributed by atoms with van der Waals surface area (Å²) in [4.78, 5) is 4.47. The molecule has 0 saturated heterocycles. The number of nitrogen functional groups attached to an aromatic ring is 1. The van der Waals surface area contributed by atoms with E-state index in [9.17, 15) is 5.21 Å². The Hall–Kier alpha value is -2.41. The first kappa shape index (κ1) is 14.0. The Kier molecular flexibility index (Phi) is 3.71. The fourth-order valence-electron chi connectivity index (χ4n) is 2.09. The predicted octanol–water partition coefficient (Wildman–Crippen LogP) is 1.62. The van der Waals surface area contributed by atoms with Gasteiger partial charge in [-0.2, -0.15) is 0 Å². The molecule has 0 atom stereocenters. The van der Waals surface area contributed by atoms with Gasteiger partial charge in [0, 0.05) is 0 Å². The van der Waals surface area contributed by atoms with Crippen molar-refractivity contribution in [2.45, 2.75) is 26.3 Å². The van der Waals surface area contributed by atoms with Crippen molar-refractivity contribution in [3.05, 3.63) is 41.1 Å². The van der Waals surface area contributed by atoms with Gasteiger partial charge >= 0.3 is 0 Å². The van der Waals surface area contributed by atoms with Crippen LogP contribution in [0.5, 0.6) is 0 Å². The first-order chi connectivity index (χ1) is 9.45. The summed E-state index contributed by atoms with van der Waals surface area (Å²) in [5.41, 5.74) is 9.33. The molecule has 1 aromatic carbocycles. The number of benzene rings is 1. The van der Waals surface area contributed by atoms with Crippen LogP contribution in [0.3, 0.4) is 0 Å². The summed E-state index contributed by atoms with van der Waals surface area (Å²) < 4.78 is 4.52. The van der Waals surface area contributed by atoms with Gasteiger partial charge in [0.05, 0.1) is 5.54 Å². The molecule has 106 valence electrons. The second-order valence-electron chi connectivity index (χ2n) is 4.94. The van der Waals surface area contributed by atoms with Crippen molar-refractivity contribution < 1.29 is 9.84 Å². The molecule has 0 aliphatic carbocycles. The van der Waals surface area contributed by atoms with Crippen molar-refractivity contribution in [2.75, 3.05) is 5.73 Å². The third kappa shape index (κ3) is 2.62. The lowest BCUT2D eigenvalue weighted by Crippen LogP contribution is -2.27. The van der Waals surface area contributed by atoms with E-state index in [0.29, 0.717) is 0 Å². The molecule has 2 rings (SSSR count). The second-order valence-corrected chi connectivity index (χ2v) is 4.94. The van der Waals surface area contributed by atoms with E-state index in [1.165, 1.54) is 0 Å². The molecule has 0 fully saturated rings. The monoisotopic (exact) mass is 275 g/mol. The zero-order valence-electron chi connectivity index (χ0n) is 11.6. The highest BCUT2D eigenvalue weighted by molar-refractivity contribution is 5.99. The average Bonchev–Trinajstić information content (AvgIpc) is 2.82. The number of rotatable bonds is 3. The Balaban J connectivity index is 2.46. The third-order valence-electron chi connectivity index (χ3n) is 3.04. The Morgan fingerprint density at radius 3 is 2.60 bits per heavy atom. The van der Waals surface area contributed by atoms with E-state index in [4.69, 9.17) is 5.73 Å². The van der Waals surface area contributed by atoms with Crippen molar-refractivity contribution in [3.8, 4) is 0 Å². The molecule has 0 aliphatic rings. The first-order valence-corrected chi connectivity index (χ1v) is 6.10. The van der Waals surface area contributed by atoms with E-state index in [-0.39, 0.29) is 17.3 Å². The standard InChI is InChI=1S/C13H17N5O2/c1-8-6-4-5-7-9(8)13(2,3)15-12(16-19)10-11(14)18-20-17-10/h4-7,19H,1-3H3,(H2,14,18)(H,15,16). The van der Waals surface area contributed by atoms with Crippen LogP contribution >= 0.6 is 0 Å². The van der Waals surface area contributed by atoms with E-state index in [1.807, 2.05) is 50.5 Å². The van der Waals surface area contributed by atoms with Crippen molar-refractivity contribution in [2.24, 2.45) is 4.99 Å². The second kappa shape index (κ2) is 5.30. The summed E-state index contributed by atoms with van der Waals surface area (Å²) in [6.07, 6.45) is 0. The van der Waals surface area contributed by atoms with Gasteiger partial charge in [0.15, 0.2) is 17.3 Å². The molecule has 0 spiro atoms. The summed E-state index contributed by atoms with van der Waals surface area (Å²) in [5, 5.41) is 16.3. The number of nitrogens with zero attached hydrogens (tertiary/aromatic N) is 3. The van der Waals surface area contributed by atoms with Crippen LogP contribution in [0, 0.1) is 6.92 Å². The number of anilines is 1. The highest BCUT2D eigenvalue weighted by Crippen LogP contribution is 2.28. The molecule has 0 aliphatic heterocycles. The van der Waals surface area contributed by atoms with Gasteiger partial charge in [0.2, 0.25) is 0 Å². The molecule has 0 bridgehead atoms. The predicted molar refractivity (Wildman–Crippen MR) is 74.4 cm³/mol. The van der Waals surface area contributed by atoms with Crippen LogP contribution in [0.25, 0.3) is 0 Å². The number of amidine groups is 1. The molecule has 20 heavy (non-hydrogen) atoms. The van der Waals surface area contributed by atoms with Crippen molar-refractivity contribution in [3.63, 3.8) is 0 Å². The van der Waals surface area contributed by atoms with Crippen LogP contribution in [0.1, 0.15) is 30.7 Å². The van der Waals surface area contributed by atoms with Gasteiger partial charge in [-0.05, 0) is 42.2 Å². The smallest absolute Gasteiger partial charge is 0.199 e. The Bertz CT molecular complexity index is 633. The van der Waals surface area contributed by atoms with Crippen LogP contribution in [0.15, 0.2) is 33.9 Å². The minimum Gasteiger partial charge on any atom is -0.379 e. The SMILES string of the molecule is Cc1ccccc1C(C)(C)N=C(NO)c1nonc1N. The van der Waals surface area contributed by atoms with Gasteiger partial charge in [0.1, 0.15) is 0 Å². The molecule has 0 amide bonds. The van der Waals surface area contributed by atoms with Crippen LogP contribution in [-0.2, 0) is 5.54 Å². The van der Waals surface area contributed by atoms with Gasteiger partial charge in [-0.25, -0.2) is 4.63 Å². The molecular weight excluding hydrogens is 258 g/mol. The Morgan fingerprint density at radius 2 is 2.05 bits per heavy atom. The normalized spacial score (nSPS) is 12.5. The fraction of sp³-hybridized carbons (Fsp3) is 0.308. The number of aryl methyl sites for hydroxylation is 1. The van der Waals surface area contributed by atoms with Crippen LogP contribution in [-0.4, -0.2) is 21.4 Å². The number of aromatic nitrogens is 2. The van der Waals surface area contributed by atoms with Gasteiger partial charge in [-0.3, -0.25) is 15.7 Å². The van der Waals surface area contributed by atoms with Crippen LogP contribution in [0.2, 0.25) is 0 Å². The molecule has 0 radical (unpaired) electrons. The lowest BCUT2D eigenvalue weighted by atomic mass is 9.91. The van der Waals surface area contributed by atoms with Crippen LogP contribution in [0.4, 0.5) is 5.82 Å². The largest absolute Gasteiger partial charge is 0.379 e. The van der Waals surface area contributed by atoms with Crippen molar-refractivity contribution >= 4 is 11.7 Å². The summed E-state index contributed by atoms with van der Waals surface area (Å²) in [6.45, 7) is 5.86. The van der Waals surface area contributed by atoms with E-state index in [0.717, 1.165) is 11.1 Å². The molecule has 1 heterocycles. The first-order valence-electron chi connectivity index (χ1n) is 6.10. The lowest BCUT2D eigenvalue weighted by Gasteiger charge is -2.23. The minimum absolute atomic E-state index is 0.0610. The maximum absolute atomic E-state index is 9.26. The molecule has 4 N–H and O–H groups in total. The van der Waals surface area contributed by atoms with Gasteiger partial charge in [-0.15, -0.1) is 0 Å². The maximum Gasteiger partial charge on any atom is 0.199 e. The Morgan fingerprint density at radius 1 is 1.35 bits per heavy atom.